The molecule has 0 spiro atoms. The Morgan fingerprint density at radius 3 is 2.63 bits per heavy atom. The molecule has 2 unspecified atom stereocenters. The first-order valence-corrected chi connectivity index (χ1v) is 9.82. The number of ether oxygens (including phenoxy) is 1. The first-order chi connectivity index (χ1) is 14.5. The van der Waals surface area contributed by atoms with Gasteiger partial charge in [0, 0.05) is 41.5 Å². The molecule has 0 saturated heterocycles. The van der Waals surface area contributed by atoms with Gasteiger partial charge in [0.25, 0.3) is 0 Å². The second-order valence-corrected chi connectivity index (χ2v) is 7.16. The predicted octanol–water partition coefficient (Wildman–Crippen LogP) is 3.80. The molecule has 3 aromatic rings. The molecule has 2 heterocycles. The normalized spacial score (nSPS) is 12.4. The van der Waals surface area contributed by atoms with Gasteiger partial charge in [-0.15, -0.1) is 0 Å². The van der Waals surface area contributed by atoms with Gasteiger partial charge in [-0.05, 0) is 43.7 Å². The lowest BCUT2D eigenvalue weighted by atomic mass is 9.98. The number of hydrogen-bond acceptors (Lipinski definition) is 6. The Kier molecular flexibility index (Phi) is 6.99. The minimum Gasteiger partial charge on any atom is -0.496 e. The van der Waals surface area contributed by atoms with E-state index in [0.29, 0.717) is 6.54 Å². The molecule has 154 valence electrons. The SMILES string of the molecule is COc1cc(C#CC(C)O)ccc1C(C)CNc1cc(-c2ccc(C)nc2)ncn1. The third kappa shape index (κ3) is 5.56. The van der Waals surface area contributed by atoms with Gasteiger partial charge >= 0.3 is 0 Å². The highest BCUT2D eigenvalue weighted by atomic mass is 16.5. The number of benzene rings is 1. The maximum atomic E-state index is 9.34. The molecule has 3 rings (SSSR count). The summed E-state index contributed by atoms with van der Waals surface area (Å²) in [6, 6.07) is 11.7. The van der Waals surface area contributed by atoms with Crippen molar-refractivity contribution in [3.05, 3.63) is 65.7 Å². The topological polar surface area (TPSA) is 80.2 Å². The van der Waals surface area contributed by atoms with Crippen molar-refractivity contribution in [2.45, 2.75) is 32.8 Å². The summed E-state index contributed by atoms with van der Waals surface area (Å²) in [6.07, 6.45) is 2.71. The molecule has 6 nitrogen and oxygen atoms in total. The number of nitrogens with one attached hydrogen (secondary N) is 1. The van der Waals surface area contributed by atoms with Crippen molar-refractivity contribution in [1.82, 2.24) is 15.0 Å². The Hall–Kier alpha value is -3.43. The van der Waals surface area contributed by atoms with E-state index < -0.39 is 6.10 Å². The van der Waals surface area contributed by atoms with Crippen LogP contribution in [-0.4, -0.2) is 39.8 Å². The molecule has 2 atom stereocenters. The quantitative estimate of drug-likeness (QED) is 0.611. The molecule has 6 heteroatoms. The van der Waals surface area contributed by atoms with Gasteiger partial charge in [0.1, 0.15) is 24.0 Å². The molecule has 0 aliphatic heterocycles. The second-order valence-electron chi connectivity index (χ2n) is 7.16. The van der Waals surface area contributed by atoms with Gasteiger partial charge in [0.05, 0.1) is 12.8 Å². The lowest BCUT2D eigenvalue weighted by molar-refractivity contribution is 0.253. The lowest BCUT2D eigenvalue weighted by Crippen LogP contribution is -2.12. The minimum absolute atomic E-state index is 0.179. The zero-order valence-electron chi connectivity index (χ0n) is 17.7. The number of aliphatic hydroxyl groups is 1. The van der Waals surface area contributed by atoms with Crippen LogP contribution in [0.2, 0.25) is 0 Å². The number of aromatic nitrogens is 3. The third-order valence-corrected chi connectivity index (χ3v) is 4.65. The predicted molar refractivity (Wildman–Crippen MR) is 118 cm³/mol. The van der Waals surface area contributed by atoms with E-state index in [-0.39, 0.29) is 5.92 Å². The Bertz CT molecular complexity index is 1050. The Balaban J connectivity index is 1.71. The summed E-state index contributed by atoms with van der Waals surface area (Å²) in [5.41, 5.74) is 4.63. The van der Waals surface area contributed by atoms with Crippen LogP contribution in [0.3, 0.4) is 0 Å². The molecule has 0 saturated carbocycles. The molecular formula is C24H26N4O2. The van der Waals surface area contributed by atoms with E-state index in [1.165, 1.54) is 0 Å². The number of hydrogen-bond donors (Lipinski definition) is 2. The molecule has 1 aromatic carbocycles. The highest BCUT2D eigenvalue weighted by Crippen LogP contribution is 2.28. The van der Waals surface area contributed by atoms with E-state index in [9.17, 15) is 5.11 Å². The maximum Gasteiger partial charge on any atom is 0.129 e. The second kappa shape index (κ2) is 9.86. The number of rotatable bonds is 6. The number of nitrogens with zero attached hydrogens (tertiary/aromatic N) is 3. The monoisotopic (exact) mass is 402 g/mol. The fraction of sp³-hybridized carbons (Fsp3) is 0.292. The number of anilines is 1. The molecule has 0 radical (unpaired) electrons. The van der Waals surface area contributed by atoms with Gasteiger partial charge in [-0.1, -0.05) is 24.8 Å². The molecule has 2 aromatic heterocycles. The largest absolute Gasteiger partial charge is 0.496 e. The number of aryl methyl sites for hydroxylation is 1. The van der Waals surface area contributed by atoms with Crippen LogP contribution in [0.15, 0.2) is 48.9 Å². The summed E-state index contributed by atoms with van der Waals surface area (Å²) < 4.78 is 5.56. The van der Waals surface area contributed by atoms with Crippen LogP contribution in [0.5, 0.6) is 5.75 Å². The van der Waals surface area contributed by atoms with Gasteiger partial charge in [0.2, 0.25) is 0 Å². The maximum absolute atomic E-state index is 9.34. The van der Waals surface area contributed by atoms with Crippen molar-refractivity contribution in [3.63, 3.8) is 0 Å². The van der Waals surface area contributed by atoms with Gasteiger partial charge in [-0.25, -0.2) is 9.97 Å². The first-order valence-electron chi connectivity index (χ1n) is 9.82. The summed E-state index contributed by atoms with van der Waals surface area (Å²) in [4.78, 5) is 13.0. The fourth-order valence-corrected chi connectivity index (χ4v) is 2.98. The Morgan fingerprint density at radius 2 is 1.93 bits per heavy atom. The summed E-state index contributed by atoms with van der Waals surface area (Å²) >= 11 is 0. The van der Waals surface area contributed by atoms with Crippen molar-refractivity contribution in [2.24, 2.45) is 0 Å². The average Bonchev–Trinajstić information content (AvgIpc) is 2.76. The first kappa shape index (κ1) is 21.3. The van der Waals surface area contributed by atoms with Gasteiger partial charge in [0.15, 0.2) is 0 Å². The molecule has 0 bridgehead atoms. The molecule has 0 fully saturated rings. The van der Waals surface area contributed by atoms with E-state index >= 15 is 0 Å². The summed E-state index contributed by atoms with van der Waals surface area (Å²) in [6.45, 7) is 6.40. The highest BCUT2D eigenvalue weighted by molar-refractivity contribution is 5.61. The smallest absolute Gasteiger partial charge is 0.129 e. The van der Waals surface area contributed by atoms with Gasteiger partial charge in [-0.3, -0.25) is 4.98 Å². The van der Waals surface area contributed by atoms with Crippen molar-refractivity contribution >= 4 is 5.82 Å². The van der Waals surface area contributed by atoms with Crippen molar-refractivity contribution in [3.8, 4) is 28.8 Å². The number of methoxy groups -OCH3 is 1. The standard InChI is InChI=1S/C24H26N4O2/c1-16(21-10-8-19(7-6-18(3)29)11-23(21)30-4)13-26-24-12-22(27-15-28-24)20-9-5-17(2)25-14-20/h5,8-12,14-16,18,29H,13H2,1-4H3,(H,26,27,28). The fourth-order valence-electron chi connectivity index (χ4n) is 2.98. The van der Waals surface area contributed by atoms with Gasteiger partial charge < -0.3 is 15.2 Å². The van der Waals surface area contributed by atoms with E-state index in [1.807, 2.05) is 49.5 Å². The molecule has 0 amide bonds. The summed E-state index contributed by atoms with van der Waals surface area (Å²) in [5, 5.41) is 12.7. The summed E-state index contributed by atoms with van der Waals surface area (Å²) in [7, 11) is 1.65. The average molecular weight is 402 g/mol. The van der Waals surface area contributed by atoms with Crippen molar-refractivity contribution in [2.75, 3.05) is 19.0 Å². The molecule has 30 heavy (non-hydrogen) atoms. The van der Waals surface area contributed by atoms with Crippen LogP contribution in [0, 0.1) is 18.8 Å². The van der Waals surface area contributed by atoms with Crippen LogP contribution >= 0.6 is 0 Å². The zero-order chi connectivity index (χ0) is 21.5. The highest BCUT2D eigenvalue weighted by Gasteiger charge is 2.13. The minimum atomic E-state index is -0.660. The third-order valence-electron chi connectivity index (χ3n) is 4.65. The molecule has 0 aliphatic rings. The van der Waals surface area contributed by atoms with E-state index in [1.54, 1.807) is 20.4 Å². The zero-order valence-corrected chi connectivity index (χ0v) is 17.7. The number of aliphatic hydroxyl groups excluding tert-OH is 1. The van der Waals surface area contributed by atoms with Crippen LogP contribution in [0.25, 0.3) is 11.3 Å². The molecule has 2 N–H and O–H groups in total. The van der Waals surface area contributed by atoms with Crippen molar-refractivity contribution < 1.29 is 9.84 Å². The van der Waals surface area contributed by atoms with Crippen LogP contribution < -0.4 is 10.1 Å². The summed E-state index contributed by atoms with van der Waals surface area (Å²) in [5.74, 6) is 7.41. The van der Waals surface area contributed by atoms with Crippen LogP contribution in [0.1, 0.15) is 36.6 Å². The number of pyridine rings is 1. The Labute approximate surface area is 177 Å². The lowest BCUT2D eigenvalue weighted by Gasteiger charge is -2.17. The molecule has 0 aliphatic carbocycles. The van der Waals surface area contributed by atoms with Crippen LogP contribution in [0.4, 0.5) is 5.82 Å². The van der Waals surface area contributed by atoms with E-state index in [4.69, 9.17) is 4.74 Å². The van der Waals surface area contributed by atoms with E-state index in [2.05, 4.69) is 39.0 Å². The van der Waals surface area contributed by atoms with Crippen LogP contribution in [-0.2, 0) is 0 Å². The molecular weight excluding hydrogens is 376 g/mol. The van der Waals surface area contributed by atoms with E-state index in [0.717, 1.165) is 39.6 Å². The van der Waals surface area contributed by atoms with Gasteiger partial charge in [-0.2, -0.15) is 0 Å². The Morgan fingerprint density at radius 1 is 1.10 bits per heavy atom. The van der Waals surface area contributed by atoms with Crippen molar-refractivity contribution in [1.29, 1.82) is 0 Å².